The van der Waals surface area contributed by atoms with Gasteiger partial charge in [0.2, 0.25) is 0 Å². The van der Waals surface area contributed by atoms with Crippen LogP contribution >= 0.6 is 0 Å². The summed E-state index contributed by atoms with van der Waals surface area (Å²) in [6.45, 7) is 2.32. The molecule has 2 N–H and O–H groups in total. The maximum absolute atomic E-state index is 6.72. The Kier molecular flexibility index (Phi) is 4.68. The van der Waals surface area contributed by atoms with Crippen molar-refractivity contribution in [1.29, 1.82) is 0 Å². The lowest BCUT2D eigenvalue weighted by Crippen LogP contribution is -2.41. The van der Waals surface area contributed by atoms with Gasteiger partial charge in [0.25, 0.3) is 0 Å². The number of rotatable bonds is 4. The highest BCUT2D eigenvalue weighted by Crippen LogP contribution is 2.33. The predicted octanol–water partition coefficient (Wildman–Crippen LogP) is 4.23. The zero-order valence-electron chi connectivity index (χ0n) is 13.6. The second kappa shape index (κ2) is 6.51. The van der Waals surface area contributed by atoms with E-state index in [4.69, 9.17) is 10.8 Å². The summed E-state index contributed by atoms with van der Waals surface area (Å²) in [5, 5.41) is 4.84. The Bertz CT molecular complexity index is 447. The molecule has 2 aliphatic carbocycles. The zero-order chi connectivity index (χ0) is 14.7. The van der Waals surface area contributed by atoms with Crippen molar-refractivity contribution in [3.63, 3.8) is 0 Å². The van der Waals surface area contributed by atoms with E-state index < -0.39 is 0 Å². The summed E-state index contributed by atoms with van der Waals surface area (Å²) in [6.07, 6.45) is 16.1. The van der Waals surface area contributed by atoms with Gasteiger partial charge in [-0.1, -0.05) is 39.0 Å². The standard InChI is InChI=1S/C18H31N3/c1-2-15-6-5-11-18(19,12-9-15)14-16-10-13-21(20-16)17-7-3-4-8-17/h10,13,15,17H,2-9,11-12,14,19H2,1H3. The molecule has 1 aromatic heterocycles. The molecule has 2 atom stereocenters. The minimum absolute atomic E-state index is 0.0151. The van der Waals surface area contributed by atoms with Gasteiger partial charge < -0.3 is 5.73 Å². The van der Waals surface area contributed by atoms with Crippen molar-refractivity contribution in [2.75, 3.05) is 0 Å². The van der Waals surface area contributed by atoms with Gasteiger partial charge in [-0.05, 0) is 44.1 Å². The van der Waals surface area contributed by atoms with Crippen LogP contribution in [0, 0.1) is 5.92 Å². The molecule has 2 saturated carbocycles. The summed E-state index contributed by atoms with van der Waals surface area (Å²) >= 11 is 0. The minimum atomic E-state index is -0.0151. The van der Waals surface area contributed by atoms with E-state index in [1.807, 2.05) is 0 Å². The normalized spacial score (nSPS) is 31.4. The lowest BCUT2D eigenvalue weighted by Gasteiger charge is -2.27. The van der Waals surface area contributed by atoms with Crippen molar-refractivity contribution in [2.45, 2.75) is 89.1 Å². The topological polar surface area (TPSA) is 43.8 Å². The molecule has 3 nitrogen and oxygen atoms in total. The van der Waals surface area contributed by atoms with Crippen LogP contribution in [0.3, 0.4) is 0 Å². The Labute approximate surface area is 129 Å². The number of nitrogens with zero attached hydrogens (tertiary/aromatic N) is 2. The van der Waals surface area contributed by atoms with Gasteiger partial charge in [-0.3, -0.25) is 4.68 Å². The van der Waals surface area contributed by atoms with Gasteiger partial charge in [0, 0.05) is 18.2 Å². The molecular weight excluding hydrogens is 258 g/mol. The molecule has 2 fully saturated rings. The quantitative estimate of drug-likeness (QED) is 0.843. The maximum Gasteiger partial charge on any atom is 0.0643 e. The van der Waals surface area contributed by atoms with Gasteiger partial charge >= 0.3 is 0 Å². The third-order valence-corrected chi connectivity index (χ3v) is 5.81. The monoisotopic (exact) mass is 289 g/mol. The molecule has 21 heavy (non-hydrogen) atoms. The largest absolute Gasteiger partial charge is 0.325 e. The smallest absolute Gasteiger partial charge is 0.0643 e. The Balaban J connectivity index is 1.62. The molecule has 0 saturated heterocycles. The summed E-state index contributed by atoms with van der Waals surface area (Å²) in [7, 11) is 0. The van der Waals surface area contributed by atoms with Crippen LogP contribution in [-0.2, 0) is 6.42 Å². The first kappa shape index (κ1) is 15.1. The Hall–Kier alpha value is -0.830. The van der Waals surface area contributed by atoms with Crippen molar-refractivity contribution in [2.24, 2.45) is 11.7 Å². The van der Waals surface area contributed by atoms with Crippen molar-refractivity contribution in [3.8, 4) is 0 Å². The molecule has 0 amide bonds. The third-order valence-electron chi connectivity index (χ3n) is 5.81. The first-order chi connectivity index (χ1) is 10.2. The van der Waals surface area contributed by atoms with Crippen LogP contribution in [0.25, 0.3) is 0 Å². The predicted molar refractivity (Wildman–Crippen MR) is 87.2 cm³/mol. The van der Waals surface area contributed by atoms with Crippen LogP contribution in [0.5, 0.6) is 0 Å². The molecule has 118 valence electrons. The molecule has 1 aromatic rings. The molecule has 3 rings (SSSR count). The average molecular weight is 289 g/mol. The minimum Gasteiger partial charge on any atom is -0.325 e. The molecule has 0 radical (unpaired) electrons. The van der Waals surface area contributed by atoms with Crippen LogP contribution in [0.1, 0.15) is 82.9 Å². The lowest BCUT2D eigenvalue weighted by molar-refractivity contribution is 0.352. The highest BCUT2D eigenvalue weighted by atomic mass is 15.3. The van der Waals surface area contributed by atoms with Gasteiger partial charge in [-0.25, -0.2) is 0 Å². The number of hydrogen-bond acceptors (Lipinski definition) is 2. The fraction of sp³-hybridized carbons (Fsp3) is 0.833. The summed E-state index contributed by atoms with van der Waals surface area (Å²) in [5.74, 6) is 0.895. The Morgan fingerprint density at radius 3 is 2.76 bits per heavy atom. The van der Waals surface area contributed by atoms with E-state index >= 15 is 0 Å². The van der Waals surface area contributed by atoms with Crippen LogP contribution in [0.2, 0.25) is 0 Å². The first-order valence-electron chi connectivity index (χ1n) is 9.01. The summed E-state index contributed by atoms with van der Waals surface area (Å²) < 4.78 is 2.21. The number of aromatic nitrogens is 2. The van der Waals surface area contributed by atoms with E-state index in [9.17, 15) is 0 Å². The van der Waals surface area contributed by atoms with Crippen LogP contribution in [0.4, 0.5) is 0 Å². The van der Waals surface area contributed by atoms with Crippen molar-refractivity contribution in [1.82, 2.24) is 9.78 Å². The third kappa shape index (κ3) is 3.68. The van der Waals surface area contributed by atoms with Gasteiger partial charge in [0.15, 0.2) is 0 Å². The highest BCUT2D eigenvalue weighted by Gasteiger charge is 2.30. The van der Waals surface area contributed by atoms with Crippen molar-refractivity contribution in [3.05, 3.63) is 18.0 Å². The fourth-order valence-electron chi connectivity index (χ4n) is 4.29. The van der Waals surface area contributed by atoms with E-state index in [2.05, 4.69) is 23.9 Å². The van der Waals surface area contributed by atoms with Gasteiger partial charge in [-0.15, -0.1) is 0 Å². The molecular formula is C18H31N3. The molecule has 0 aromatic carbocycles. The lowest BCUT2D eigenvalue weighted by atomic mass is 9.86. The van der Waals surface area contributed by atoms with Crippen LogP contribution < -0.4 is 5.73 Å². The summed E-state index contributed by atoms with van der Waals surface area (Å²) in [4.78, 5) is 0. The second-order valence-corrected chi connectivity index (χ2v) is 7.47. The first-order valence-corrected chi connectivity index (χ1v) is 9.01. The van der Waals surface area contributed by atoms with Gasteiger partial charge in [-0.2, -0.15) is 5.10 Å². The Morgan fingerprint density at radius 2 is 2.00 bits per heavy atom. The van der Waals surface area contributed by atoms with Gasteiger partial charge in [0.05, 0.1) is 11.7 Å². The molecule has 0 aliphatic heterocycles. The molecule has 2 unspecified atom stereocenters. The molecule has 2 aliphatic rings. The molecule has 3 heteroatoms. The highest BCUT2D eigenvalue weighted by molar-refractivity contribution is 5.07. The molecule has 0 spiro atoms. The Morgan fingerprint density at radius 1 is 1.19 bits per heavy atom. The van der Waals surface area contributed by atoms with E-state index in [1.54, 1.807) is 0 Å². The fourth-order valence-corrected chi connectivity index (χ4v) is 4.29. The van der Waals surface area contributed by atoms with E-state index in [0.29, 0.717) is 6.04 Å². The maximum atomic E-state index is 6.72. The van der Waals surface area contributed by atoms with E-state index in [-0.39, 0.29) is 5.54 Å². The average Bonchev–Trinajstić information content (AvgIpc) is 3.10. The van der Waals surface area contributed by atoms with Gasteiger partial charge in [0.1, 0.15) is 0 Å². The van der Waals surface area contributed by atoms with E-state index in [1.165, 1.54) is 69.9 Å². The number of hydrogen-bond donors (Lipinski definition) is 1. The van der Waals surface area contributed by atoms with Crippen LogP contribution in [-0.4, -0.2) is 15.3 Å². The number of nitrogens with two attached hydrogens (primary N) is 1. The second-order valence-electron chi connectivity index (χ2n) is 7.47. The summed E-state index contributed by atoms with van der Waals surface area (Å²) in [5.41, 5.74) is 7.91. The van der Waals surface area contributed by atoms with Crippen molar-refractivity contribution >= 4 is 0 Å². The van der Waals surface area contributed by atoms with E-state index in [0.717, 1.165) is 12.3 Å². The van der Waals surface area contributed by atoms with Crippen LogP contribution in [0.15, 0.2) is 12.3 Å². The zero-order valence-corrected chi connectivity index (χ0v) is 13.6. The summed E-state index contributed by atoms with van der Waals surface area (Å²) in [6, 6.07) is 2.85. The molecule has 1 heterocycles. The molecule has 0 bridgehead atoms. The van der Waals surface area contributed by atoms with Crippen molar-refractivity contribution < 1.29 is 0 Å². The SMILES string of the molecule is CCC1CCCC(N)(Cc2ccn(C3CCCC3)n2)CC1.